The molecule has 2 heterocycles. The molecule has 0 amide bonds. The van der Waals surface area contributed by atoms with Gasteiger partial charge in [-0.25, -0.2) is 4.39 Å². The van der Waals surface area contributed by atoms with Crippen LogP contribution in [0.5, 0.6) is 0 Å². The third-order valence-corrected chi connectivity index (χ3v) is 4.42. The van der Waals surface area contributed by atoms with Gasteiger partial charge in [0.2, 0.25) is 0 Å². The van der Waals surface area contributed by atoms with Gasteiger partial charge in [0.1, 0.15) is 5.82 Å². The summed E-state index contributed by atoms with van der Waals surface area (Å²) in [6.45, 7) is 7.46. The minimum atomic E-state index is -0.0893. The summed E-state index contributed by atoms with van der Waals surface area (Å²) in [6, 6.07) is 6.78. The third-order valence-electron chi connectivity index (χ3n) is 4.42. The lowest BCUT2D eigenvalue weighted by atomic mass is 10.1. The van der Waals surface area contributed by atoms with Gasteiger partial charge >= 0.3 is 0 Å². The Morgan fingerprint density at radius 2 is 2.11 bits per heavy atom. The van der Waals surface area contributed by atoms with Gasteiger partial charge in [-0.3, -0.25) is 4.90 Å². The standard InChI is InChI=1S/C15H21FN2/c1-11-5-6-13(8-15(11)16)18-10-14-4-3-7-17(14)9-12(18)2/h5-6,8,12,14H,3-4,7,9-10H2,1-2H3. The second-order valence-corrected chi connectivity index (χ2v) is 5.73. The van der Waals surface area contributed by atoms with Crippen LogP contribution >= 0.6 is 0 Å². The Balaban J connectivity index is 1.84. The van der Waals surface area contributed by atoms with Crippen molar-refractivity contribution in [1.82, 2.24) is 4.90 Å². The van der Waals surface area contributed by atoms with Crippen molar-refractivity contribution in [3.05, 3.63) is 29.6 Å². The minimum absolute atomic E-state index is 0.0893. The summed E-state index contributed by atoms with van der Waals surface area (Å²) in [7, 11) is 0. The van der Waals surface area contributed by atoms with E-state index in [9.17, 15) is 4.39 Å². The summed E-state index contributed by atoms with van der Waals surface area (Å²) < 4.78 is 13.7. The van der Waals surface area contributed by atoms with Crippen LogP contribution < -0.4 is 4.90 Å². The second-order valence-electron chi connectivity index (χ2n) is 5.73. The first kappa shape index (κ1) is 12.0. The number of anilines is 1. The van der Waals surface area contributed by atoms with Crippen molar-refractivity contribution in [2.24, 2.45) is 0 Å². The molecule has 0 saturated carbocycles. The molecule has 3 rings (SSSR count). The van der Waals surface area contributed by atoms with E-state index in [0.29, 0.717) is 12.1 Å². The van der Waals surface area contributed by atoms with Crippen LogP contribution in [0.4, 0.5) is 10.1 Å². The minimum Gasteiger partial charge on any atom is -0.366 e. The fourth-order valence-electron chi connectivity index (χ4n) is 3.31. The van der Waals surface area contributed by atoms with Gasteiger partial charge in [-0.1, -0.05) is 6.07 Å². The van der Waals surface area contributed by atoms with Crippen molar-refractivity contribution >= 4 is 5.69 Å². The highest BCUT2D eigenvalue weighted by molar-refractivity contribution is 5.50. The zero-order valence-electron chi connectivity index (χ0n) is 11.2. The smallest absolute Gasteiger partial charge is 0.128 e. The number of benzene rings is 1. The average Bonchev–Trinajstić information content (AvgIpc) is 2.79. The molecule has 2 atom stereocenters. The van der Waals surface area contributed by atoms with Gasteiger partial charge in [0.05, 0.1) is 0 Å². The molecular formula is C15H21FN2. The van der Waals surface area contributed by atoms with Crippen LogP contribution in [0.25, 0.3) is 0 Å². The largest absolute Gasteiger partial charge is 0.366 e. The number of fused-ring (bicyclic) bond motifs is 1. The summed E-state index contributed by atoms with van der Waals surface area (Å²) in [6.07, 6.45) is 2.60. The molecule has 0 radical (unpaired) electrons. The van der Waals surface area contributed by atoms with Gasteiger partial charge < -0.3 is 4.90 Å². The molecule has 2 saturated heterocycles. The Bertz CT molecular complexity index is 446. The predicted molar refractivity (Wildman–Crippen MR) is 72.5 cm³/mol. The first-order chi connectivity index (χ1) is 8.65. The van der Waals surface area contributed by atoms with Gasteiger partial charge in [-0.05, 0) is 50.9 Å². The molecule has 0 aliphatic carbocycles. The molecule has 2 unspecified atom stereocenters. The van der Waals surface area contributed by atoms with Gasteiger partial charge in [0.25, 0.3) is 0 Å². The summed E-state index contributed by atoms with van der Waals surface area (Å²) in [4.78, 5) is 4.96. The molecule has 0 aromatic heterocycles. The Morgan fingerprint density at radius 3 is 2.89 bits per heavy atom. The lowest BCUT2D eigenvalue weighted by Gasteiger charge is -2.43. The number of hydrogen-bond donors (Lipinski definition) is 0. The molecule has 2 aliphatic rings. The number of rotatable bonds is 1. The lowest BCUT2D eigenvalue weighted by molar-refractivity contribution is 0.203. The highest BCUT2D eigenvalue weighted by atomic mass is 19.1. The molecule has 18 heavy (non-hydrogen) atoms. The van der Waals surface area contributed by atoms with Gasteiger partial charge in [0, 0.05) is 30.9 Å². The van der Waals surface area contributed by atoms with E-state index >= 15 is 0 Å². The SMILES string of the molecule is Cc1ccc(N2CC3CCCN3CC2C)cc1F. The van der Waals surface area contributed by atoms with E-state index in [1.165, 1.54) is 19.4 Å². The Morgan fingerprint density at radius 1 is 1.28 bits per heavy atom. The maximum Gasteiger partial charge on any atom is 0.128 e. The van der Waals surface area contributed by atoms with E-state index in [1.807, 2.05) is 13.0 Å². The second kappa shape index (κ2) is 4.54. The van der Waals surface area contributed by atoms with Crippen LogP contribution in [-0.4, -0.2) is 36.6 Å². The molecule has 2 fully saturated rings. The summed E-state index contributed by atoms with van der Waals surface area (Å²) in [5, 5.41) is 0. The summed E-state index contributed by atoms with van der Waals surface area (Å²) in [5.74, 6) is -0.0893. The first-order valence-corrected chi connectivity index (χ1v) is 6.92. The van der Waals surface area contributed by atoms with Crippen LogP contribution in [0.15, 0.2) is 18.2 Å². The molecule has 1 aromatic rings. The lowest BCUT2D eigenvalue weighted by Crippen LogP contribution is -2.55. The van der Waals surface area contributed by atoms with Gasteiger partial charge in [0.15, 0.2) is 0 Å². The molecule has 2 nitrogen and oxygen atoms in total. The molecular weight excluding hydrogens is 227 g/mol. The average molecular weight is 248 g/mol. The van der Waals surface area contributed by atoms with E-state index in [0.717, 1.165) is 24.3 Å². The Hall–Kier alpha value is -1.09. The van der Waals surface area contributed by atoms with Crippen LogP contribution in [0, 0.1) is 12.7 Å². The van der Waals surface area contributed by atoms with Crippen molar-refractivity contribution < 1.29 is 4.39 Å². The van der Waals surface area contributed by atoms with Crippen molar-refractivity contribution in [2.75, 3.05) is 24.5 Å². The van der Waals surface area contributed by atoms with Crippen molar-refractivity contribution in [3.63, 3.8) is 0 Å². The summed E-state index contributed by atoms with van der Waals surface area (Å²) >= 11 is 0. The first-order valence-electron chi connectivity index (χ1n) is 6.92. The predicted octanol–water partition coefficient (Wildman–Crippen LogP) is 2.81. The molecule has 2 aliphatic heterocycles. The number of nitrogens with zero attached hydrogens (tertiary/aromatic N) is 2. The molecule has 0 spiro atoms. The van der Waals surface area contributed by atoms with Crippen molar-refractivity contribution in [1.29, 1.82) is 0 Å². The molecule has 0 N–H and O–H groups in total. The van der Waals surface area contributed by atoms with Crippen LogP contribution in [0.3, 0.4) is 0 Å². The highest BCUT2D eigenvalue weighted by Gasteiger charge is 2.34. The van der Waals surface area contributed by atoms with E-state index in [1.54, 1.807) is 6.07 Å². The summed E-state index contributed by atoms with van der Waals surface area (Å²) in [5.41, 5.74) is 1.77. The van der Waals surface area contributed by atoms with E-state index in [-0.39, 0.29) is 5.82 Å². The molecule has 3 heteroatoms. The van der Waals surface area contributed by atoms with Crippen LogP contribution in [-0.2, 0) is 0 Å². The number of halogens is 1. The fourth-order valence-corrected chi connectivity index (χ4v) is 3.31. The maximum atomic E-state index is 13.7. The van der Waals surface area contributed by atoms with E-state index in [4.69, 9.17) is 0 Å². The number of piperazine rings is 1. The number of hydrogen-bond acceptors (Lipinski definition) is 2. The molecule has 0 bridgehead atoms. The van der Waals surface area contributed by atoms with Gasteiger partial charge in [-0.2, -0.15) is 0 Å². The Labute approximate surface area is 108 Å². The normalized spacial score (nSPS) is 28.5. The Kier molecular flexibility index (Phi) is 3.02. The van der Waals surface area contributed by atoms with Crippen molar-refractivity contribution in [3.8, 4) is 0 Å². The molecule has 1 aromatic carbocycles. The van der Waals surface area contributed by atoms with Crippen LogP contribution in [0.1, 0.15) is 25.3 Å². The monoisotopic (exact) mass is 248 g/mol. The number of aryl methyl sites for hydroxylation is 1. The highest BCUT2D eigenvalue weighted by Crippen LogP contribution is 2.29. The van der Waals surface area contributed by atoms with Gasteiger partial charge in [-0.15, -0.1) is 0 Å². The maximum absolute atomic E-state index is 13.7. The molecule has 98 valence electrons. The van der Waals surface area contributed by atoms with E-state index in [2.05, 4.69) is 22.8 Å². The zero-order chi connectivity index (χ0) is 12.7. The zero-order valence-corrected chi connectivity index (χ0v) is 11.2. The quantitative estimate of drug-likeness (QED) is 0.754. The third kappa shape index (κ3) is 2.01. The van der Waals surface area contributed by atoms with Crippen LogP contribution in [0.2, 0.25) is 0 Å². The topological polar surface area (TPSA) is 6.48 Å². The van der Waals surface area contributed by atoms with Crippen molar-refractivity contribution in [2.45, 2.75) is 38.8 Å². The fraction of sp³-hybridized carbons (Fsp3) is 0.600. The van der Waals surface area contributed by atoms with E-state index < -0.39 is 0 Å².